The van der Waals surface area contributed by atoms with Crippen LogP contribution in [0.4, 0.5) is 0 Å². The zero-order valence-electron chi connectivity index (χ0n) is 18.4. The molecule has 0 aromatic heterocycles. The third-order valence-corrected chi connectivity index (χ3v) is 5.28. The number of rotatable bonds is 12. The second-order valence-electron chi connectivity index (χ2n) is 7.69. The Hall–Kier alpha value is -2.84. The number of piperazine rings is 1. The van der Waals surface area contributed by atoms with E-state index in [9.17, 15) is 14.7 Å². The number of benzene rings is 1. The molecule has 1 aliphatic heterocycles. The van der Waals surface area contributed by atoms with Crippen molar-refractivity contribution in [3.63, 3.8) is 0 Å². The minimum atomic E-state index is -1.13. The SMILES string of the molecule is C=CCC(O)(CC=C)CNC(=O)CC1C(=O)NCCN1Cc1cc(OC)cc(OC)c1. The van der Waals surface area contributed by atoms with E-state index in [0.717, 1.165) is 5.56 Å². The Bertz CT molecular complexity index is 763. The normalized spacial score (nSPS) is 16.9. The number of nitrogens with zero attached hydrogens (tertiary/aromatic N) is 1. The summed E-state index contributed by atoms with van der Waals surface area (Å²) in [5.74, 6) is 0.827. The molecule has 1 aliphatic rings. The smallest absolute Gasteiger partial charge is 0.237 e. The summed E-state index contributed by atoms with van der Waals surface area (Å²) in [6.45, 7) is 8.95. The van der Waals surface area contributed by atoms with E-state index >= 15 is 0 Å². The Morgan fingerprint density at radius 1 is 1.26 bits per heavy atom. The second kappa shape index (κ2) is 11.5. The quantitative estimate of drug-likeness (QED) is 0.433. The van der Waals surface area contributed by atoms with Gasteiger partial charge in [0.05, 0.1) is 32.3 Å². The number of carbonyl (C=O) groups excluding carboxylic acids is 2. The largest absolute Gasteiger partial charge is 0.497 e. The molecule has 8 heteroatoms. The summed E-state index contributed by atoms with van der Waals surface area (Å²) in [4.78, 5) is 27.1. The van der Waals surface area contributed by atoms with Crippen LogP contribution in [-0.2, 0) is 16.1 Å². The van der Waals surface area contributed by atoms with Crippen molar-refractivity contribution in [3.05, 3.63) is 49.1 Å². The van der Waals surface area contributed by atoms with Crippen molar-refractivity contribution >= 4 is 11.8 Å². The van der Waals surface area contributed by atoms with Gasteiger partial charge in [-0.05, 0) is 30.5 Å². The van der Waals surface area contributed by atoms with Crippen molar-refractivity contribution < 1.29 is 24.2 Å². The fourth-order valence-corrected chi connectivity index (χ4v) is 3.64. The standard InChI is InChI=1S/C23H33N3O5/c1-5-7-23(29,8-6-2)16-25-21(27)14-20-22(28)24-9-10-26(20)15-17-11-18(30-3)13-19(12-17)31-4/h5-6,11-13,20,29H,1-2,7-10,14-16H2,3-4H3,(H,24,28)(H,25,27). The Morgan fingerprint density at radius 3 is 2.42 bits per heavy atom. The molecule has 1 aromatic rings. The molecule has 0 aliphatic carbocycles. The molecule has 2 rings (SSSR count). The van der Waals surface area contributed by atoms with Gasteiger partial charge < -0.3 is 25.2 Å². The summed E-state index contributed by atoms with van der Waals surface area (Å²) in [7, 11) is 3.17. The van der Waals surface area contributed by atoms with Crippen LogP contribution >= 0.6 is 0 Å². The Labute approximate surface area is 183 Å². The Morgan fingerprint density at radius 2 is 1.87 bits per heavy atom. The number of methoxy groups -OCH3 is 2. The van der Waals surface area contributed by atoms with Gasteiger partial charge >= 0.3 is 0 Å². The van der Waals surface area contributed by atoms with Crippen LogP contribution in [0.3, 0.4) is 0 Å². The van der Waals surface area contributed by atoms with E-state index in [0.29, 0.717) is 44.0 Å². The molecular formula is C23H33N3O5. The molecular weight excluding hydrogens is 398 g/mol. The first-order chi connectivity index (χ1) is 14.8. The maximum Gasteiger partial charge on any atom is 0.237 e. The van der Waals surface area contributed by atoms with Crippen LogP contribution in [0.25, 0.3) is 0 Å². The molecule has 1 fully saturated rings. The Kier molecular flexibility index (Phi) is 9.08. The van der Waals surface area contributed by atoms with E-state index in [1.54, 1.807) is 32.4 Å². The highest BCUT2D eigenvalue weighted by molar-refractivity contribution is 5.88. The van der Waals surface area contributed by atoms with Gasteiger partial charge in [-0.25, -0.2) is 0 Å². The summed E-state index contributed by atoms with van der Waals surface area (Å²) in [6.07, 6.45) is 3.86. The van der Waals surface area contributed by atoms with Gasteiger partial charge in [-0.2, -0.15) is 0 Å². The summed E-state index contributed by atoms with van der Waals surface area (Å²) in [6, 6.07) is 4.94. The molecule has 0 spiro atoms. The van der Waals surface area contributed by atoms with E-state index in [1.165, 1.54) is 0 Å². The van der Waals surface area contributed by atoms with Crippen LogP contribution in [0.15, 0.2) is 43.5 Å². The van der Waals surface area contributed by atoms with Crippen molar-refractivity contribution in [2.24, 2.45) is 0 Å². The first-order valence-electron chi connectivity index (χ1n) is 10.3. The number of ether oxygens (including phenoxy) is 2. The number of nitrogens with one attached hydrogen (secondary N) is 2. The average Bonchev–Trinajstić information content (AvgIpc) is 2.75. The van der Waals surface area contributed by atoms with Crippen molar-refractivity contribution in [1.82, 2.24) is 15.5 Å². The molecule has 0 saturated carbocycles. The number of aliphatic hydroxyl groups is 1. The van der Waals surface area contributed by atoms with Gasteiger partial charge in [-0.15, -0.1) is 13.2 Å². The minimum absolute atomic E-state index is 0.00873. The van der Waals surface area contributed by atoms with Gasteiger partial charge in [0.15, 0.2) is 0 Å². The molecule has 0 bridgehead atoms. The molecule has 8 nitrogen and oxygen atoms in total. The monoisotopic (exact) mass is 431 g/mol. The highest BCUT2D eigenvalue weighted by Crippen LogP contribution is 2.25. The van der Waals surface area contributed by atoms with Crippen LogP contribution < -0.4 is 20.1 Å². The van der Waals surface area contributed by atoms with Gasteiger partial charge in [0.25, 0.3) is 0 Å². The number of hydrogen-bond acceptors (Lipinski definition) is 6. The topological polar surface area (TPSA) is 100 Å². The summed E-state index contributed by atoms with van der Waals surface area (Å²) in [5, 5.41) is 16.2. The lowest BCUT2D eigenvalue weighted by atomic mass is 9.95. The van der Waals surface area contributed by atoms with Crippen molar-refractivity contribution in [1.29, 1.82) is 0 Å². The van der Waals surface area contributed by atoms with E-state index in [-0.39, 0.29) is 24.8 Å². The number of amides is 2. The fraction of sp³-hybridized carbons (Fsp3) is 0.478. The van der Waals surface area contributed by atoms with E-state index in [1.807, 2.05) is 17.0 Å². The van der Waals surface area contributed by atoms with Crippen molar-refractivity contribution in [3.8, 4) is 11.5 Å². The predicted molar refractivity (Wildman–Crippen MR) is 119 cm³/mol. The molecule has 1 unspecified atom stereocenters. The third-order valence-electron chi connectivity index (χ3n) is 5.28. The minimum Gasteiger partial charge on any atom is -0.497 e. The second-order valence-corrected chi connectivity index (χ2v) is 7.69. The molecule has 170 valence electrons. The highest BCUT2D eigenvalue weighted by atomic mass is 16.5. The molecule has 1 heterocycles. The lowest BCUT2D eigenvalue weighted by molar-refractivity contribution is -0.134. The zero-order valence-corrected chi connectivity index (χ0v) is 18.4. The van der Waals surface area contributed by atoms with Crippen LogP contribution in [0.5, 0.6) is 11.5 Å². The van der Waals surface area contributed by atoms with E-state index in [2.05, 4.69) is 23.8 Å². The van der Waals surface area contributed by atoms with Crippen molar-refractivity contribution in [2.75, 3.05) is 33.9 Å². The summed E-state index contributed by atoms with van der Waals surface area (Å²) >= 11 is 0. The first kappa shape index (κ1) is 24.4. The van der Waals surface area contributed by atoms with Crippen molar-refractivity contribution in [2.45, 2.75) is 37.5 Å². The third kappa shape index (κ3) is 7.11. The van der Waals surface area contributed by atoms with Gasteiger partial charge in [-0.1, -0.05) is 12.2 Å². The Balaban J connectivity index is 2.07. The summed E-state index contributed by atoms with van der Waals surface area (Å²) < 4.78 is 10.6. The molecule has 0 radical (unpaired) electrons. The maximum absolute atomic E-state index is 12.6. The van der Waals surface area contributed by atoms with Crippen LogP contribution in [0.2, 0.25) is 0 Å². The molecule has 3 N–H and O–H groups in total. The van der Waals surface area contributed by atoms with Crippen LogP contribution in [0, 0.1) is 0 Å². The lowest BCUT2D eigenvalue weighted by Crippen LogP contribution is -2.56. The first-order valence-corrected chi connectivity index (χ1v) is 10.3. The van der Waals surface area contributed by atoms with Crippen LogP contribution in [-0.4, -0.2) is 67.3 Å². The molecule has 1 aromatic carbocycles. The van der Waals surface area contributed by atoms with Gasteiger partial charge in [0.1, 0.15) is 11.5 Å². The highest BCUT2D eigenvalue weighted by Gasteiger charge is 2.32. The molecule has 1 atom stereocenters. The average molecular weight is 432 g/mol. The number of carbonyl (C=O) groups is 2. The molecule has 31 heavy (non-hydrogen) atoms. The fourth-order valence-electron chi connectivity index (χ4n) is 3.64. The molecule has 2 amide bonds. The van der Waals surface area contributed by atoms with Gasteiger partial charge in [-0.3, -0.25) is 14.5 Å². The molecule has 1 saturated heterocycles. The maximum atomic E-state index is 12.6. The predicted octanol–water partition coefficient (Wildman–Crippen LogP) is 1.39. The van der Waals surface area contributed by atoms with E-state index in [4.69, 9.17) is 9.47 Å². The summed E-state index contributed by atoms with van der Waals surface area (Å²) in [5.41, 5.74) is -0.215. The van der Waals surface area contributed by atoms with Gasteiger partial charge in [0.2, 0.25) is 11.8 Å². The number of hydrogen-bond donors (Lipinski definition) is 3. The van der Waals surface area contributed by atoms with Gasteiger partial charge in [0, 0.05) is 32.2 Å². The van der Waals surface area contributed by atoms with E-state index < -0.39 is 11.6 Å². The zero-order chi connectivity index (χ0) is 22.9. The lowest BCUT2D eigenvalue weighted by Gasteiger charge is -2.35. The van der Waals surface area contributed by atoms with Crippen LogP contribution in [0.1, 0.15) is 24.8 Å².